The molecule has 1 N–H and O–H groups in total. The van der Waals surface area contributed by atoms with Gasteiger partial charge in [0, 0.05) is 11.8 Å². The second-order valence-corrected chi connectivity index (χ2v) is 4.87. The number of carbonyl (C=O) groups excluding carboxylic acids is 1. The highest BCUT2D eigenvalue weighted by Gasteiger charge is 2.10. The summed E-state index contributed by atoms with van der Waals surface area (Å²) in [6.07, 6.45) is 1.71. The average molecular weight is 293 g/mol. The lowest BCUT2D eigenvalue weighted by Crippen LogP contribution is -2.12. The topological polar surface area (TPSA) is 64.1 Å². The number of carbonyl (C=O) groups is 1. The lowest BCUT2D eigenvalue weighted by Gasteiger charge is -2.08. The van der Waals surface area contributed by atoms with Gasteiger partial charge in [0.25, 0.3) is 5.91 Å². The molecule has 0 bridgehead atoms. The molecule has 0 saturated carbocycles. The van der Waals surface area contributed by atoms with E-state index in [2.05, 4.69) is 15.3 Å². The molecule has 3 aromatic rings. The normalized spacial score (nSPS) is 10.5. The fraction of sp³-hybridized carbons (Fsp3) is 0.118. The third-order valence-corrected chi connectivity index (χ3v) is 3.29. The fourth-order valence-corrected chi connectivity index (χ4v) is 2.16. The van der Waals surface area contributed by atoms with Crippen molar-refractivity contribution >= 4 is 22.6 Å². The summed E-state index contributed by atoms with van der Waals surface area (Å²) in [4.78, 5) is 21.1. The van der Waals surface area contributed by atoms with E-state index in [-0.39, 0.29) is 5.91 Å². The number of nitrogens with one attached hydrogen (secondary N) is 1. The highest BCUT2D eigenvalue weighted by atomic mass is 16.5. The van der Waals surface area contributed by atoms with Crippen LogP contribution in [0.1, 0.15) is 16.1 Å². The molecular weight excluding hydrogens is 278 g/mol. The van der Waals surface area contributed by atoms with Gasteiger partial charge in [-0.05, 0) is 43.3 Å². The van der Waals surface area contributed by atoms with Crippen LogP contribution in [0.5, 0.6) is 5.75 Å². The Hall–Kier alpha value is -2.95. The van der Waals surface area contributed by atoms with Gasteiger partial charge in [0.15, 0.2) is 0 Å². The molecule has 1 amide bonds. The van der Waals surface area contributed by atoms with Crippen molar-refractivity contribution in [1.29, 1.82) is 0 Å². The SMILES string of the molecule is COc1ccc(C(=O)Nc2cccc3ncc(C)nc23)cc1. The first-order chi connectivity index (χ1) is 10.7. The Kier molecular flexibility index (Phi) is 3.70. The van der Waals surface area contributed by atoms with Crippen LogP contribution in [0.15, 0.2) is 48.7 Å². The van der Waals surface area contributed by atoms with E-state index in [4.69, 9.17) is 4.74 Å². The summed E-state index contributed by atoms with van der Waals surface area (Å²) < 4.78 is 5.09. The third kappa shape index (κ3) is 2.74. The molecule has 0 saturated heterocycles. The van der Waals surface area contributed by atoms with E-state index in [0.717, 1.165) is 11.2 Å². The largest absolute Gasteiger partial charge is 0.497 e. The molecule has 0 atom stereocenters. The maximum atomic E-state index is 12.3. The molecule has 2 aromatic carbocycles. The number of fused-ring (bicyclic) bond motifs is 1. The van der Waals surface area contributed by atoms with Gasteiger partial charge in [-0.1, -0.05) is 6.07 Å². The van der Waals surface area contributed by atoms with Gasteiger partial charge in [0.1, 0.15) is 11.3 Å². The first kappa shape index (κ1) is 14.0. The molecule has 0 aliphatic rings. The Balaban J connectivity index is 1.91. The first-order valence-corrected chi connectivity index (χ1v) is 6.85. The Morgan fingerprint density at radius 1 is 1.14 bits per heavy atom. The molecule has 0 aliphatic carbocycles. The average Bonchev–Trinajstić information content (AvgIpc) is 2.55. The molecule has 22 heavy (non-hydrogen) atoms. The summed E-state index contributed by atoms with van der Waals surface area (Å²) in [5.74, 6) is 0.515. The summed E-state index contributed by atoms with van der Waals surface area (Å²) in [5.41, 5.74) is 3.44. The number of hydrogen-bond acceptors (Lipinski definition) is 4. The predicted octanol–water partition coefficient (Wildman–Crippen LogP) is 3.20. The monoisotopic (exact) mass is 293 g/mol. The number of rotatable bonds is 3. The van der Waals surface area contributed by atoms with E-state index in [9.17, 15) is 4.79 Å². The molecule has 0 spiro atoms. The molecule has 0 radical (unpaired) electrons. The number of amides is 1. The van der Waals surface area contributed by atoms with E-state index in [1.165, 1.54) is 0 Å². The molecule has 3 rings (SSSR count). The Morgan fingerprint density at radius 3 is 2.64 bits per heavy atom. The predicted molar refractivity (Wildman–Crippen MR) is 85.2 cm³/mol. The number of anilines is 1. The summed E-state index contributed by atoms with van der Waals surface area (Å²) >= 11 is 0. The standard InChI is InChI=1S/C17H15N3O2/c1-11-10-18-14-4-3-5-15(16(14)19-11)20-17(21)12-6-8-13(22-2)9-7-12/h3-10H,1-2H3,(H,20,21). The number of nitrogens with zero attached hydrogens (tertiary/aromatic N) is 2. The smallest absolute Gasteiger partial charge is 0.255 e. The molecule has 1 heterocycles. The maximum Gasteiger partial charge on any atom is 0.255 e. The molecular formula is C17H15N3O2. The number of hydrogen-bond donors (Lipinski definition) is 1. The van der Waals surface area contributed by atoms with E-state index >= 15 is 0 Å². The van der Waals surface area contributed by atoms with Crippen LogP contribution in [0.3, 0.4) is 0 Å². The van der Waals surface area contributed by atoms with Crippen molar-refractivity contribution in [3.05, 3.63) is 59.9 Å². The van der Waals surface area contributed by atoms with Crippen LogP contribution in [0.2, 0.25) is 0 Å². The van der Waals surface area contributed by atoms with Gasteiger partial charge >= 0.3 is 0 Å². The van der Waals surface area contributed by atoms with E-state index in [0.29, 0.717) is 22.5 Å². The lowest BCUT2D eigenvalue weighted by molar-refractivity contribution is 0.102. The van der Waals surface area contributed by atoms with Crippen molar-refractivity contribution in [3.8, 4) is 5.75 Å². The number of benzene rings is 2. The molecule has 0 aliphatic heterocycles. The second-order valence-electron chi connectivity index (χ2n) is 4.87. The molecule has 1 aromatic heterocycles. The van der Waals surface area contributed by atoms with Crippen LogP contribution in [-0.4, -0.2) is 23.0 Å². The zero-order valence-corrected chi connectivity index (χ0v) is 12.3. The van der Waals surface area contributed by atoms with Crippen molar-refractivity contribution in [3.63, 3.8) is 0 Å². The Labute approximate surface area is 128 Å². The van der Waals surface area contributed by atoms with Gasteiger partial charge in [-0.25, -0.2) is 4.98 Å². The van der Waals surface area contributed by atoms with Gasteiger partial charge in [-0.2, -0.15) is 0 Å². The van der Waals surface area contributed by atoms with Crippen LogP contribution < -0.4 is 10.1 Å². The minimum Gasteiger partial charge on any atom is -0.497 e. The van der Waals surface area contributed by atoms with Crippen molar-refractivity contribution in [2.75, 3.05) is 12.4 Å². The van der Waals surface area contributed by atoms with Crippen LogP contribution in [0.25, 0.3) is 11.0 Å². The zero-order valence-electron chi connectivity index (χ0n) is 12.3. The summed E-state index contributed by atoms with van der Waals surface area (Å²) in [6, 6.07) is 12.5. The molecule has 0 fully saturated rings. The van der Waals surface area contributed by atoms with Gasteiger partial charge in [-0.3, -0.25) is 9.78 Å². The quantitative estimate of drug-likeness (QED) is 0.805. The van der Waals surface area contributed by atoms with Gasteiger partial charge in [0.05, 0.1) is 24.0 Å². The number of aryl methyl sites for hydroxylation is 1. The number of ether oxygens (including phenoxy) is 1. The fourth-order valence-electron chi connectivity index (χ4n) is 2.16. The van der Waals surface area contributed by atoms with Crippen LogP contribution in [0.4, 0.5) is 5.69 Å². The second kappa shape index (κ2) is 5.81. The highest BCUT2D eigenvalue weighted by Crippen LogP contribution is 2.21. The molecule has 5 heteroatoms. The van der Waals surface area contributed by atoms with Crippen LogP contribution in [0, 0.1) is 6.92 Å². The minimum atomic E-state index is -0.196. The Morgan fingerprint density at radius 2 is 1.91 bits per heavy atom. The van der Waals surface area contributed by atoms with Crippen molar-refractivity contribution in [1.82, 2.24) is 9.97 Å². The van der Waals surface area contributed by atoms with E-state index in [1.807, 2.05) is 25.1 Å². The van der Waals surface area contributed by atoms with E-state index < -0.39 is 0 Å². The van der Waals surface area contributed by atoms with Crippen LogP contribution >= 0.6 is 0 Å². The molecule has 110 valence electrons. The summed E-state index contributed by atoms with van der Waals surface area (Å²) in [7, 11) is 1.59. The van der Waals surface area contributed by atoms with Crippen molar-refractivity contribution in [2.45, 2.75) is 6.92 Å². The summed E-state index contributed by atoms with van der Waals surface area (Å²) in [6.45, 7) is 1.87. The number of methoxy groups -OCH3 is 1. The maximum absolute atomic E-state index is 12.3. The minimum absolute atomic E-state index is 0.196. The number of para-hydroxylation sites is 1. The van der Waals surface area contributed by atoms with E-state index in [1.54, 1.807) is 37.6 Å². The van der Waals surface area contributed by atoms with Gasteiger partial charge in [0.2, 0.25) is 0 Å². The summed E-state index contributed by atoms with van der Waals surface area (Å²) in [5, 5.41) is 2.88. The van der Waals surface area contributed by atoms with Crippen molar-refractivity contribution in [2.24, 2.45) is 0 Å². The molecule has 0 unspecified atom stereocenters. The molecule has 5 nitrogen and oxygen atoms in total. The third-order valence-electron chi connectivity index (χ3n) is 3.29. The van der Waals surface area contributed by atoms with Crippen molar-refractivity contribution < 1.29 is 9.53 Å². The van der Waals surface area contributed by atoms with Gasteiger partial charge in [-0.15, -0.1) is 0 Å². The van der Waals surface area contributed by atoms with Gasteiger partial charge < -0.3 is 10.1 Å². The zero-order chi connectivity index (χ0) is 15.5. The first-order valence-electron chi connectivity index (χ1n) is 6.85. The highest BCUT2D eigenvalue weighted by molar-refractivity contribution is 6.07. The lowest BCUT2D eigenvalue weighted by atomic mass is 10.2. The Bertz CT molecular complexity index is 829. The van der Waals surface area contributed by atoms with Crippen LogP contribution in [-0.2, 0) is 0 Å². The number of aromatic nitrogens is 2.